The zero-order valence-corrected chi connectivity index (χ0v) is 14.9. The Labute approximate surface area is 147 Å². The summed E-state index contributed by atoms with van der Waals surface area (Å²) in [6.45, 7) is 3.44. The van der Waals surface area contributed by atoms with E-state index in [4.69, 9.17) is 5.73 Å². The lowest BCUT2D eigenvalue weighted by molar-refractivity contribution is 0.0657. The Bertz CT molecular complexity index is 539. The predicted octanol–water partition coefficient (Wildman–Crippen LogP) is 1.61. The summed E-state index contributed by atoms with van der Waals surface area (Å²) in [5.74, 6) is -0.155. The molecule has 3 N–H and O–H groups in total. The number of guanidine groups is 1. The predicted molar refractivity (Wildman–Crippen MR) is 96.6 cm³/mol. The Kier molecular flexibility index (Phi) is 7.30. The van der Waals surface area contributed by atoms with E-state index < -0.39 is 0 Å². The molecule has 120 valence electrons. The van der Waals surface area contributed by atoms with Gasteiger partial charge in [0.2, 0.25) is 0 Å². The van der Waals surface area contributed by atoms with Crippen LogP contribution in [-0.2, 0) is 0 Å². The zero-order valence-electron chi connectivity index (χ0n) is 12.5. The molecule has 0 unspecified atom stereocenters. The Hall–Kier alpha value is -1.64. The molecule has 0 spiro atoms. The summed E-state index contributed by atoms with van der Waals surface area (Å²) < 4.78 is 0. The molecule has 2 amide bonds. The molecule has 0 saturated heterocycles. The van der Waals surface area contributed by atoms with Gasteiger partial charge in [-0.25, -0.2) is 0 Å². The maximum absolute atomic E-state index is 12.1. The van der Waals surface area contributed by atoms with Gasteiger partial charge in [0.1, 0.15) is 0 Å². The van der Waals surface area contributed by atoms with E-state index in [1.165, 1.54) is 4.90 Å². The molecule has 1 aliphatic heterocycles. The molecule has 1 heterocycles. The number of imide groups is 1. The van der Waals surface area contributed by atoms with Crippen LogP contribution < -0.4 is 11.1 Å². The number of unbranched alkanes of at least 4 members (excludes halogenated alkanes) is 1. The fraction of sp³-hybridized carbons (Fsp3) is 0.400. The topological polar surface area (TPSA) is 87.8 Å². The molecule has 0 bridgehead atoms. The average molecular weight is 416 g/mol. The van der Waals surface area contributed by atoms with Gasteiger partial charge in [-0.2, -0.15) is 0 Å². The van der Waals surface area contributed by atoms with Crippen molar-refractivity contribution in [2.75, 3.05) is 19.6 Å². The van der Waals surface area contributed by atoms with Crippen LogP contribution in [0.2, 0.25) is 0 Å². The molecule has 1 aromatic carbocycles. The molecule has 0 fully saturated rings. The van der Waals surface area contributed by atoms with Crippen LogP contribution in [0.1, 0.15) is 40.5 Å². The molecular weight excluding hydrogens is 395 g/mol. The van der Waals surface area contributed by atoms with Crippen LogP contribution in [0.15, 0.2) is 29.3 Å². The number of fused-ring (bicyclic) bond motifs is 1. The highest BCUT2D eigenvalue weighted by Crippen LogP contribution is 2.21. The molecular formula is C15H21IN4O2. The smallest absolute Gasteiger partial charge is 0.261 e. The maximum Gasteiger partial charge on any atom is 0.261 e. The summed E-state index contributed by atoms with van der Waals surface area (Å²) in [4.78, 5) is 29.6. The van der Waals surface area contributed by atoms with Crippen LogP contribution in [0, 0.1) is 0 Å². The highest BCUT2D eigenvalue weighted by Gasteiger charge is 2.34. The number of hydrogen-bond donors (Lipinski definition) is 2. The number of benzene rings is 1. The number of nitrogens with zero attached hydrogens (tertiary/aromatic N) is 2. The molecule has 2 rings (SSSR count). The quantitative estimate of drug-likeness (QED) is 0.243. The molecule has 1 aromatic rings. The van der Waals surface area contributed by atoms with Gasteiger partial charge < -0.3 is 11.1 Å². The summed E-state index contributed by atoms with van der Waals surface area (Å²) in [6.07, 6.45) is 2.05. The molecule has 1 aliphatic rings. The first-order chi connectivity index (χ1) is 10.1. The minimum atomic E-state index is -0.251. The van der Waals surface area contributed by atoms with Crippen LogP contribution >= 0.6 is 24.0 Å². The number of halogens is 1. The van der Waals surface area contributed by atoms with E-state index in [0.717, 1.165) is 12.8 Å². The van der Waals surface area contributed by atoms with E-state index in [-0.39, 0.29) is 42.3 Å². The van der Waals surface area contributed by atoms with Crippen molar-refractivity contribution < 1.29 is 9.59 Å². The van der Waals surface area contributed by atoms with Crippen LogP contribution in [-0.4, -0.2) is 42.3 Å². The molecule has 0 aliphatic carbocycles. The molecule has 22 heavy (non-hydrogen) atoms. The second kappa shape index (κ2) is 8.72. The van der Waals surface area contributed by atoms with Crippen molar-refractivity contribution in [2.45, 2.75) is 19.8 Å². The first-order valence-corrected chi connectivity index (χ1v) is 7.14. The van der Waals surface area contributed by atoms with E-state index in [0.29, 0.717) is 30.2 Å². The average Bonchev–Trinajstić information content (AvgIpc) is 2.73. The summed E-state index contributed by atoms with van der Waals surface area (Å²) in [5, 5.41) is 2.92. The van der Waals surface area contributed by atoms with Crippen molar-refractivity contribution in [1.82, 2.24) is 10.2 Å². The highest BCUT2D eigenvalue weighted by atomic mass is 127. The standard InChI is InChI=1S/C15H20N4O2.HI/c1-2-3-8-17-15(16)18-9-10-19-13(20)11-6-4-5-7-12(11)14(19)21;/h4-7H,2-3,8-10H2,1H3,(H3,16,17,18);1H. The fourth-order valence-corrected chi connectivity index (χ4v) is 2.15. The molecule has 7 heteroatoms. The first-order valence-electron chi connectivity index (χ1n) is 7.14. The Morgan fingerprint density at radius 2 is 1.82 bits per heavy atom. The molecule has 0 aromatic heterocycles. The van der Waals surface area contributed by atoms with E-state index in [2.05, 4.69) is 17.2 Å². The van der Waals surface area contributed by atoms with Crippen molar-refractivity contribution >= 4 is 41.8 Å². The van der Waals surface area contributed by atoms with E-state index in [1.54, 1.807) is 24.3 Å². The van der Waals surface area contributed by atoms with Gasteiger partial charge >= 0.3 is 0 Å². The normalized spacial score (nSPS) is 13.9. The van der Waals surface area contributed by atoms with Gasteiger partial charge in [-0.1, -0.05) is 25.5 Å². The third-order valence-corrected chi connectivity index (χ3v) is 3.31. The first kappa shape index (κ1) is 18.4. The number of hydrogen-bond acceptors (Lipinski definition) is 3. The lowest BCUT2D eigenvalue weighted by Gasteiger charge is -2.14. The minimum Gasteiger partial charge on any atom is -0.370 e. The van der Waals surface area contributed by atoms with Crippen molar-refractivity contribution in [3.63, 3.8) is 0 Å². The third-order valence-electron chi connectivity index (χ3n) is 3.31. The lowest BCUT2D eigenvalue weighted by Crippen LogP contribution is -2.40. The molecule has 0 radical (unpaired) electrons. The van der Waals surface area contributed by atoms with Crippen molar-refractivity contribution in [3.05, 3.63) is 35.4 Å². The zero-order chi connectivity index (χ0) is 15.2. The number of carbonyl (C=O) groups is 2. The van der Waals surface area contributed by atoms with Crippen molar-refractivity contribution in [2.24, 2.45) is 10.7 Å². The lowest BCUT2D eigenvalue weighted by atomic mass is 10.1. The Balaban J connectivity index is 0.00000242. The van der Waals surface area contributed by atoms with Crippen LogP contribution in [0.25, 0.3) is 0 Å². The van der Waals surface area contributed by atoms with Gasteiger partial charge in [0.15, 0.2) is 5.96 Å². The third kappa shape index (κ3) is 4.19. The second-order valence-corrected chi connectivity index (χ2v) is 4.85. The van der Waals surface area contributed by atoms with E-state index in [9.17, 15) is 9.59 Å². The highest BCUT2D eigenvalue weighted by molar-refractivity contribution is 14.0. The minimum absolute atomic E-state index is 0. The number of carbonyl (C=O) groups excluding carboxylic acids is 2. The van der Waals surface area contributed by atoms with Crippen LogP contribution in [0.5, 0.6) is 0 Å². The summed E-state index contributed by atoms with van der Waals surface area (Å²) in [5.41, 5.74) is 6.63. The largest absolute Gasteiger partial charge is 0.370 e. The Morgan fingerprint density at radius 1 is 1.23 bits per heavy atom. The SMILES string of the molecule is CCCCN=C(N)NCCN1C(=O)c2ccccc2C1=O.I. The van der Waals surface area contributed by atoms with Gasteiger partial charge in [0.05, 0.1) is 11.1 Å². The van der Waals surface area contributed by atoms with Gasteiger partial charge in [0.25, 0.3) is 11.8 Å². The fourth-order valence-electron chi connectivity index (χ4n) is 2.15. The number of rotatable bonds is 6. The molecule has 0 atom stereocenters. The van der Waals surface area contributed by atoms with Crippen LogP contribution in [0.4, 0.5) is 0 Å². The van der Waals surface area contributed by atoms with Gasteiger partial charge in [-0.15, -0.1) is 24.0 Å². The van der Waals surface area contributed by atoms with Gasteiger partial charge in [-0.05, 0) is 18.6 Å². The number of aliphatic imine (C=N–C) groups is 1. The van der Waals surface area contributed by atoms with Crippen molar-refractivity contribution in [1.29, 1.82) is 0 Å². The van der Waals surface area contributed by atoms with E-state index >= 15 is 0 Å². The summed E-state index contributed by atoms with van der Waals surface area (Å²) in [7, 11) is 0. The molecule has 6 nitrogen and oxygen atoms in total. The second-order valence-electron chi connectivity index (χ2n) is 4.85. The summed E-state index contributed by atoms with van der Waals surface area (Å²) in [6, 6.07) is 6.85. The molecule has 0 saturated carbocycles. The van der Waals surface area contributed by atoms with E-state index in [1.807, 2.05) is 0 Å². The maximum atomic E-state index is 12.1. The summed E-state index contributed by atoms with van der Waals surface area (Å²) >= 11 is 0. The Morgan fingerprint density at radius 3 is 2.36 bits per heavy atom. The van der Waals surface area contributed by atoms with Gasteiger partial charge in [-0.3, -0.25) is 19.5 Å². The van der Waals surface area contributed by atoms with Crippen molar-refractivity contribution in [3.8, 4) is 0 Å². The van der Waals surface area contributed by atoms with Crippen LogP contribution in [0.3, 0.4) is 0 Å². The monoisotopic (exact) mass is 416 g/mol. The number of nitrogens with two attached hydrogens (primary N) is 1. The number of nitrogens with one attached hydrogen (secondary N) is 1. The van der Waals surface area contributed by atoms with Gasteiger partial charge in [0, 0.05) is 19.6 Å². The number of amides is 2.